The van der Waals surface area contributed by atoms with Gasteiger partial charge in [-0.2, -0.15) is 0 Å². The molecule has 2 aromatic carbocycles. The largest absolute Gasteiger partial charge is 0.506 e. The van der Waals surface area contributed by atoms with Crippen LogP contribution in [0.2, 0.25) is 0 Å². The number of fused-ring (bicyclic) bond motifs is 3. The van der Waals surface area contributed by atoms with Gasteiger partial charge in [-0.1, -0.05) is 0 Å². The zero-order valence-corrected chi connectivity index (χ0v) is 15.7. The van der Waals surface area contributed by atoms with Crippen LogP contribution in [0.25, 0.3) is 33.2 Å². The van der Waals surface area contributed by atoms with Crippen LogP contribution in [0.5, 0.6) is 5.75 Å². The molecule has 0 radical (unpaired) electrons. The number of aromatic nitrogens is 1. The number of nitrogens with one attached hydrogen (secondary N) is 1. The van der Waals surface area contributed by atoms with Crippen LogP contribution in [0.1, 0.15) is 10.4 Å². The fourth-order valence-electron chi connectivity index (χ4n) is 3.27. The van der Waals surface area contributed by atoms with Crippen LogP contribution in [-0.4, -0.2) is 36.7 Å². The van der Waals surface area contributed by atoms with E-state index in [2.05, 4.69) is 5.32 Å². The first-order valence-electron chi connectivity index (χ1n) is 8.20. The first-order valence-corrected chi connectivity index (χ1v) is 10.0. The Labute approximate surface area is 159 Å². The van der Waals surface area contributed by atoms with E-state index in [0.717, 1.165) is 10.2 Å². The van der Waals surface area contributed by atoms with E-state index in [4.69, 9.17) is 4.42 Å². The quantitative estimate of drug-likeness (QED) is 0.548. The van der Waals surface area contributed by atoms with Crippen LogP contribution in [-0.2, 0) is 10.0 Å². The Bertz CT molecular complexity index is 1350. The van der Waals surface area contributed by atoms with Crippen molar-refractivity contribution in [2.24, 2.45) is 0 Å². The van der Waals surface area contributed by atoms with Crippen LogP contribution in [0, 0.1) is 5.82 Å². The summed E-state index contributed by atoms with van der Waals surface area (Å²) in [5, 5.41) is 13.7. The molecule has 4 rings (SSSR count). The van der Waals surface area contributed by atoms with E-state index >= 15 is 0 Å². The molecule has 4 aromatic rings. The Kier molecular flexibility index (Phi) is 3.93. The molecule has 0 aliphatic heterocycles. The lowest BCUT2D eigenvalue weighted by Crippen LogP contribution is -2.18. The average Bonchev–Trinajstić information content (AvgIpc) is 3.24. The molecule has 0 aliphatic carbocycles. The number of benzene rings is 2. The minimum Gasteiger partial charge on any atom is -0.506 e. The lowest BCUT2D eigenvalue weighted by Gasteiger charge is -2.05. The van der Waals surface area contributed by atoms with E-state index < -0.39 is 21.7 Å². The molecule has 0 aliphatic rings. The summed E-state index contributed by atoms with van der Waals surface area (Å²) in [7, 11) is -2.21. The summed E-state index contributed by atoms with van der Waals surface area (Å²) in [5.41, 5.74) is 0.922. The van der Waals surface area contributed by atoms with Gasteiger partial charge >= 0.3 is 0 Å². The van der Waals surface area contributed by atoms with Gasteiger partial charge in [0.05, 0.1) is 11.8 Å². The number of halogens is 1. The minimum absolute atomic E-state index is 0.0536. The lowest BCUT2D eigenvalue weighted by atomic mass is 10.0. The zero-order valence-electron chi connectivity index (χ0n) is 14.9. The number of furan rings is 1. The molecule has 2 aromatic heterocycles. The Hall–Kier alpha value is -3.33. The zero-order chi connectivity index (χ0) is 20.2. The smallest absolute Gasteiger partial charge is 0.255 e. The summed E-state index contributed by atoms with van der Waals surface area (Å²) in [4.78, 5) is 12.5. The third kappa shape index (κ3) is 2.63. The molecule has 1 amide bonds. The molecule has 0 saturated carbocycles. The first-order chi connectivity index (χ1) is 13.2. The van der Waals surface area contributed by atoms with Crippen molar-refractivity contribution < 1.29 is 27.1 Å². The summed E-state index contributed by atoms with van der Waals surface area (Å²) >= 11 is 0. The molecule has 0 spiro atoms. The molecule has 2 N–H and O–H groups in total. The molecule has 0 fully saturated rings. The van der Waals surface area contributed by atoms with Crippen molar-refractivity contribution in [1.29, 1.82) is 0 Å². The van der Waals surface area contributed by atoms with Gasteiger partial charge in [-0.15, -0.1) is 0 Å². The summed E-state index contributed by atoms with van der Waals surface area (Å²) in [6.07, 6.45) is 2.32. The first kappa shape index (κ1) is 18.1. The second-order valence-corrected chi connectivity index (χ2v) is 8.16. The van der Waals surface area contributed by atoms with Gasteiger partial charge in [0.1, 0.15) is 28.4 Å². The van der Waals surface area contributed by atoms with Crippen LogP contribution in [0.3, 0.4) is 0 Å². The number of hydrogen-bond donors (Lipinski definition) is 2. The second-order valence-electron chi connectivity index (χ2n) is 6.30. The van der Waals surface area contributed by atoms with Crippen molar-refractivity contribution in [3.8, 4) is 17.1 Å². The Balaban J connectivity index is 2.14. The third-order valence-electron chi connectivity index (χ3n) is 4.48. The third-order valence-corrected chi connectivity index (χ3v) is 5.50. The predicted octanol–water partition coefficient (Wildman–Crippen LogP) is 3.07. The van der Waals surface area contributed by atoms with E-state index in [1.165, 1.54) is 49.6 Å². The number of carbonyl (C=O) groups excluding carboxylic acids is 1. The van der Waals surface area contributed by atoms with Gasteiger partial charge in [0.25, 0.3) is 5.91 Å². The monoisotopic (exact) mass is 402 g/mol. The predicted molar refractivity (Wildman–Crippen MR) is 102 cm³/mol. The molecule has 0 unspecified atom stereocenters. The maximum absolute atomic E-state index is 13.3. The highest BCUT2D eigenvalue weighted by Gasteiger charge is 2.26. The van der Waals surface area contributed by atoms with Gasteiger partial charge in [0.2, 0.25) is 10.0 Å². The summed E-state index contributed by atoms with van der Waals surface area (Å²) < 4.78 is 44.2. The molecule has 9 heteroatoms. The van der Waals surface area contributed by atoms with E-state index in [0.29, 0.717) is 16.3 Å². The molecule has 0 saturated heterocycles. The van der Waals surface area contributed by atoms with Gasteiger partial charge in [0, 0.05) is 29.6 Å². The SMILES string of the molecule is CNC(=O)c1c(-c2ccc(F)cc2)oc2c1cc(O)c1c2ccn1S(C)(=O)=O. The van der Waals surface area contributed by atoms with Crippen LogP contribution in [0.4, 0.5) is 4.39 Å². The maximum atomic E-state index is 13.3. The van der Waals surface area contributed by atoms with Gasteiger partial charge in [-0.25, -0.2) is 16.8 Å². The number of amides is 1. The topological polar surface area (TPSA) is 102 Å². The molecular formula is C19H15FN2O5S. The minimum atomic E-state index is -3.66. The highest BCUT2D eigenvalue weighted by atomic mass is 32.2. The number of hydrogen-bond acceptors (Lipinski definition) is 5. The molecule has 0 bridgehead atoms. The number of nitrogens with zero attached hydrogens (tertiary/aromatic N) is 1. The van der Waals surface area contributed by atoms with Crippen LogP contribution in [0.15, 0.2) is 47.0 Å². The molecule has 7 nitrogen and oxygen atoms in total. The van der Waals surface area contributed by atoms with Crippen molar-refractivity contribution in [2.75, 3.05) is 13.3 Å². The molecular weight excluding hydrogens is 387 g/mol. The molecule has 144 valence electrons. The molecule has 28 heavy (non-hydrogen) atoms. The lowest BCUT2D eigenvalue weighted by molar-refractivity contribution is 0.0964. The fourth-order valence-corrected chi connectivity index (χ4v) is 4.07. The van der Waals surface area contributed by atoms with Crippen molar-refractivity contribution in [2.45, 2.75) is 0 Å². The van der Waals surface area contributed by atoms with Crippen molar-refractivity contribution in [3.05, 3.63) is 54.0 Å². The van der Waals surface area contributed by atoms with E-state index in [1.54, 1.807) is 0 Å². The number of rotatable bonds is 3. The standard InChI is InChI=1S/C19H15FN2O5S/c1-21-19(24)15-13-9-14(23)16-12(7-8-22(16)28(2,25)26)18(13)27-17(15)10-3-5-11(20)6-4-10/h3-9,23H,1-2H3,(H,21,24). The Morgan fingerprint density at radius 3 is 2.46 bits per heavy atom. The van der Waals surface area contributed by atoms with Gasteiger partial charge in [-0.05, 0) is 36.4 Å². The van der Waals surface area contributed by atoms with E-state index in [-0.39, 0.29) is 28.2 Å². The van der Waals surface area contributed by atoms with Gasteiger partial charge in [0.15, 0.2) is 0 Å². The number of phenols is 1. The number of aromatic hydroxyl groups is 1. The maximum Gasteiger partial charge on any atom is 0.255 e. The van der Waals surface area contributed by atoms with Crippen LogP contribution >= 0.6 is 0 Å². The molecule has 2 heterocycles. The van der Waals surface area contributed by atoms with E-state index in [1.807, 2.05) is 0 Å². The Morgan fingerprint density at radius 2 is 1.86 bits per heavy atom. The highest BCUT2D eigenvalue weighted by Crippen LogP contribution is 2.41. The fraction of sp³-hybridized carbons (Fsp3) is 0.105. The van der Waals surface area contributed by atoms with Gasteiger partial charge < -0.3 is 14.8 Å². The van der Waals surface area contributed by atoms with E-state index in [9.17, 15) is 22.7 Å². The highest BCUT2D eigenvalue weighted by molar-refractivity contribution is 7.89. The summed E-state index contributed by atoms with van der Waals surface area (Å²) in [6, 6.07) is 8.20. The summed E-state index contributed by atoms with van der Waals surface area (Å²) in [5.74, 6) is -1.02. The van der Waals surface area contributed by atoms with Crippen molar-refractivity contribution in [3.63, 3.8) is 0 Å². The Morgan fingerprint density at radius 1 is 1.18 bits per heavy atom. The number of phenolic OH excluding ortho intramolecular Hbond substituents is 1. The van der Waals surface area contributed by atoms with Crippen LogP contribution < -0.4 is 5.32 Å². The normalized spacial score (nSPS) is 12.0. The second kappa shape index (κ2) is 6.10. The van der Waals surface area contributed by atoms with Crippen molar-refractivity contribution in [1.82, 2.24) is 9.29 Å². The van der Waals surface area contributed by atoms with Gasteiger partial charge in [-0.3, -0.25) is 4.79 Å². The number of carbonyl (C=O) groups is 1. The molecule has 0 atom stereocenters. The summed E-state index contributed by atoms with van der Waals surface area (Å²) in [6.45, 7) is 0. The average molecular weight is 402 g/mol. The van der Waals surface area contributed by atoms with Crippen molar-refractivity contribution >= 4 is 37.8 Å².